The molecule has 2 aromatic rings. The van der Waals surface area contributed by atoms with E-state index in [1.54, 1.807) is 11.3 Å². The molecule has 0 saturated heterocycles. The monoisotopic (exact) mass is 277 g/mol. The molecule has 19 heavy (non-hydrogen) atoms. The first kappa shape index (κ1) is 12.9. The van der Waals surface area contributed by atoms with Crippen LogP contribution in [0.4, 0.5) is 0 Å². The average Bonchev–Trinajstić information content (AvgIpc) is 2.91. The molecule has 1 fully saturated rings. The van der Waals surface area contributed by atoms with Crippen molar-refractivity contribution in [2.75, 3.05) is 6.61 Å². The highest BCUT2D eigenvalue weighted by Gasteiger charge is 2.20. The van der Waals surface area contributed by atoms with E-state index in [-0.39, 0.29) is 0 Å². The summed E-state index contributed by atoms with van der Waals surface area (Å²) in [6, 6.07) is 8.98. The first-order valence-corrected chi connectivity index (χ1v) is 7.69. The lowest BCUT2D eigenvalue weighted by Crippen LogP contribution is -2.14. The van der Waals surface area contributed by atoms with Crippen LogP contribution in [-0.4, -0.2) is 12.6 Å². The van der Waals surface area contributed by atoms with Crippen LogP contribution in [0.15, 0.2) is 34.1 Å². The second kappa shape index (κ2) is 6.37. The Morgan fingerprint density at radius 1 is 1.26 bits per heavy atom. The lowest BCUT2D eigenvalue weighted by atomic mass is 10.4. The van der Waals surface area contributed by atoms with Crippen LogP contribution in [0.25, 0.3) is 0 Å². The summed E-state index contributed by atoms with van der Waals surface area (Å²) in [6.45, 7) is 2.14. The number of hydrogen-bond acceptors (Lipinski definition) is 4. The molecule has 1 saturated carbocycles. The van der Waals surface area contributed by atoms with Crippen molar-refractivity contribution >= 4 is 11.3 Å². The number of furan rings is 1. The zero-order chi connectivity index (χ0) is 12.9. The molecular formula is C15H19NO2S. The third kappa shape index (κ3) is 4.20. The Morgan fingerprint density at radius 3 is 2.95 bits per heavy atom. The van der Waals surface area contributed by atoms with E-state index in [1.165, 1.54) is 17.7 Å². The minimum absolute atomic E-state index is 0.564. The Morgan fingerprint density at radius 2 is 2.16 bits per heavy atom. The van der Waals surface area contributed by atoms with E-state index >= 15 is 0 Å². The van der Waals surface area contributed by atoms with Crippen molar-refractivity contribution in [3.8, 4) is 0 Å². The van der Waals surface area contributed by atoms with E-state index in [1.807, 2.05) is 12.1 Å². The summed E-state index contributed by atoms with van der Waals surface area (Å²) in [5.41, 5.74) is 0. The van der Waals surface area contributed by atoms with Gasteiger partial charge in [0.05, 0.1) is 13.2 Å². The molecule has 1 aliphatic carbocycles. The van der Waals surface area contributed by atoms with E-state index in [0.29, 0.717) is 6.61 Å². The van der Waals surface area contributed by atoms with Crippen LogP contribution in [0.5, 0.6) is 0 Å². The van der Waals surface area contributed by atoms with Gasteiger partial charge in [0.15, 0.2) is 0 Å². The van der Waals surface area contributed by atoms with Gasteiger partial charge in [-0.25, -0.2) is 0 Å². The Labute approximate surface area is 117 Å². The zero-order valence-corrected chi connectivity index (χ0v) is 11.7. The van der Waals surface area contributed by atoms with Gasteiger partial charge in [0.2, 0.25) is 0 Å². The predicted molar refractivity (Wildman–Crippen MR) is 76.2 cm³/mol. The van der Waals surface area contributed by atoms with Gasteiger partial charge >= 0.3 is 0 Å². The zero-order valence-electron chi connectivity index (χ0n) is 10.9. The maximum atomic E-state index is 5.71. The van der Waals surface area contributed by atoms with Crippen molar-refractivity contribution in [1.82, 2.24) is 5.32 Å². The lowest BCUT2D eigenvalue weighted by Gasteiger charge is -2.01. The van der Waals surface area contributed by atoms with Gasteiger partial charge in [-0.1, -0.05) is 6.07 Å². The second-order valence-corrected chi connectivity index (χ2v) is 5.94. The van der Waals surface area contributed by atoms with Crippen molar-refractivity contribution in [2.24, 2.45) is 0 Å². The van der Waals surface area contributed by atoms with Gasteiger partial charge in [0, 0.05) is 17.3 Å². The van der Waals surface area contributed by atoms with Crippen molar-refractivity contribution in [2.45, 2.75) is 38.5 Å². The summed E-state index contributed by atoms with van der Waals surface area (Å²) in [4.78, 5) is 1.37. The first-order valence-electron chi connectivity index (χ1n) is 6.81. The summed E-state index contributed by atoms with van der Waals surface area (Å²) in [7, 11) is 0. The van der Waals surface area contributed by atoms with Crippen LogP contribution in [0, 0.1) is 0 Å². The predicted octanol–water partition coefficient (Wildman–Crippen LogP) is 3.35. The number of ether oxygens (including phenoxy) is 1. The van der Waals surface area contributed by atoms with Crippen LogP contribution in [0.3, 0.4) is 0 Å². The number of thiophene rings is 1. The highest BCUT2D eigenvalue weighted by atomic mass is 32.1. The highest BCUT2D eigenvalue weighted by Crippen LogP contribution is 2.19. The fraction of sp³-hybridized carbons (Fsp3) is 0.467. The largest absolute Gasteiger partial charge is 0.462 e. The average molecular weight is 277 g/mol. The summed E-state index contributed by atoms with van der Waals surface area (Å²) in [5.74, 6) is 1.92. The minimum Gasteiger partial charge on any atom is -0.462 e. The van der Waals surface area contributed by atoms with Gasteiger partial charge in [-0.15, -0.1) is 11.3 Å². The first-order chi connectivity index (χ1) is 9.40. The molecule has 3 nitrogen and oxygen atoms in total. The van der Waals surface area contributed by atoms with Gasteiger partial charge in [-0.3, -0.25) is 0 Å². The van der Waals surface area contributed by atoms with Crippen LogP contribution < -0.4 is 5.32 Å². The summed E-state index contributed by atoms with van der Waals surface area (Å²) in [6.07, 6.45) is 3.59. The summed E-state index contributed by atoms with van der Waals surface area (Å²) < 4.78 is 11.4. The molecule has 0 spiro atoms. The van der Waals surface area contributed by atoms with Crippen LogP contribution in [-0.2, 0) is 24.3 Å². The van der Waals surface area contributed by atoms with E-state index < -0.39 is 0 Å². The fourth-order valence-electron chi connectivity index (χ4n) is 1.93. The number of hydrogen-bond donors (Lipinski definition) is 1. The molecule has 4 heteroatoms. The van der Waals surface area contributed by atoms with Crippen LogP contribution in [0.1, 0.15) is 29.2 Å². The molecule has 1 aliphatic rings. The minimum atomic E-state index is 0.564. The van der Waals surface area contributed by atoms with E-state index in [2.05, 4.69) is 22.8 Å². The normalized spacial score (nSPS) is 14.9. The van der Waals surface area contributed by atoms with E-state index in [0.717, 1.165) is 37.1 Å². The Kier molecular flexibility index (Phi) is 4.33. The molecule has 0 unspecified atom stereocenters. The van der Waals surface area contributed by atoms with Crippen molar-refractivity contribution < 1.29 is 9.15 Å². The maximum absolute atomic E-state index is 5.71. The van der Waals surface area contributed by atoms with Gasteiger partial charge in [-0.05, 0) is 36.4 Å². The third-order valence-corrected chi connectivity index (χ3v) is 4.11. The smallest absolute Gasteiger partial charge is 0.129 e. The second-order valence-electron chi connectivity index (χ2n) is 4.91. The van der Waals surface area contributed by atoms with Crippen molar-refractivity contribution in [1.29, 1.82) is 0 Å². The molecule has 1 N–H and O–H groups in total. The fourth-order valence-corrected chi connectivity index (χ4v) is 2.62. The molecule has 3 rings (SSSR count). The summed E-state index contributed by atoms with van der Waals surface area (Å²) >= 11 is 1.78. The van der Waals surface area contributed by atoms with E-state index in [9.17, 15) is 0 Å². The molecule has 0 aliphatic heterocycles. The van der Waals surface area contributed by atoms with Gasteiger partial charge in [0.1, 0.15) is 18.1 Å². The number of rotatable bonds is 8. The molecule has 102 valence electrons. The Bertz CT molecular complexity index is 488. The maximum Gasteiger partial charge on any atom is 0.129 e. The SMILES string of the molecule is c1csc(CCOCc2ccc(CNC3CC3)o2)c1. The van der Waals surface area contributed by atoms with Crippen LogP contribution >= 0.6 is 11.3 Å². The highest BCUT2D eigenvalue weighted by molar-refractivity contribution is 7.09. The molecule has 2 heterocycles. The molecule has 2 aromatic heterocycles. The van der Waals surface area contributed by atoms with Crippen LogP contribution in [0.2, 0.25) is 0 Å². The molecule has 0 aromatic carbocycles. The molecular weight excluding hydrogens is 258 g/mol. The quantitative estimate of drug-likeness (QED) is 0.751. The topological polar surface area (TPSA) is 34.4 Å². The Balaban J connectivity index is 1.35. The van der Waals surface area contributed by atoms with Gasteiger partial charge in [-0.2, -0.15) is 0 Å². The third-order valence-electron chi connectivity index (χ3n) is 3.18. The van der Waals surface area contributed by atoms with E-state index in [4.69, 9.17) is 9.15 Å². The summed E-state index contributed by atoms with van der Waals surface area (Å²) in [5, 5.41) is 5.54. The molecule has 0 atom stereocenters. The van der Waals surface area contributed by atoms with Crippen molar-refractivity contribution in [3.63, 3.8) is 0 Å². The molecule has 0 radical (unpaired) electrons. The van der Waals surface area contributed by atoms with Gasteiger partial charge in [0.25, 0.3) is 0 Å². The molecule has 0 amide bonds. The standard InChI is InChI=1S/C15H19NO2S/c1-2-15(19-9-1)7-8-17-11-14-6-5-13(18-14)10-16-12-3-4-12/h1-2,5-6,9,12,16H,3-4,7-8,10-11H2. The number of nitrogens with one attached hydrogen (secondary N) is 1. The Hall–Kier alpha value is -1.10. The molecule has 0 bridgehead atoms. The van der Waals surface area contributed by atoms with Crippen molar-refractivity contribution in [3.05, 3.63) is 46.0 Å². The lowest BCUT2D eigenvalue weighted by molar-refractivity contribution is 0.108. The van der Waals surface area contributed by atoms with Gasteiger partial charge < -0.3 is 14.5 Å².